The van der Waals surface area contributed by atoms with E-state index in [1.807, 2.05) is 25.5 Å². The van der Waals surface area contributed by atoms with E-state index in [0.29, 0.717) is 22.5 Å². The highest BCUT2D eigenvalue weighted by atomic mass is 35.5. The van der Waals surface area contributed by atoms with E-state index in [-0.39, 0.29) is 17.8 Å². The lowest BCUT2D eigenvalue weighted by molar-refractivity contribution is 0.405. The van der Waals surface area contributed by atoms with Gasteiger partial charge in [0.25, 0.3) is 0 Å². The van der Waals surface area contributed by atoms with Crippen LogP contribution >= 0.6 is 23.7 Å². The topological polar surface area (TPSA) is 89.2 Å². The molecule has 0 unspecified atom stereocenters. The van der Waals surface area contributed by atoms with Crippen LogP contribution in [0.2, 0.25) is 0 Å². The van der Waals surface area contributed by atoms with Crippen molar-refractivity contribution in [2.24, 2.45) is 0 Å². The second-order valence-electron chi connectivity index (χ2n) is 7.43. The smallest absolute Gasteiger partial charge is 0.211 e. The zero-order valence-corrected chi connectivity index (χ0v) is 19.0. The summed E-state index contributed by atoms with van der Waals surface area (Å²) in [7, 11) is 8.20. The molecule has 0 saturated heterocycles. The quantitative estimate of drug-likeness (QED) is 0.418. The van der Waals surface area contributed by atoms with E-state index in [1.54, 1.807) is 0 Å². The monoisotopic (exact) mass is 439 g/mol. The SMILES string of the molecule is CN(C)CCCNc1nnc(NCCCN(C)C)c2c(=O)c3sccc3[nH]c12.Cl. The third-order valence-corrected chi connectivity index (χ3v) is 5.39. The van der Waals surface area contributed by atoms with Gasteiger partial charge in [0.15, 0.2) is 11.6 Å². The number of hydrogen-bond donors (Lipinski definition) is 3. The molecule has 0 aliphatic carbocycles. The average molecular weight is 440 g/mol. The molecule has 0 bridgehead atoms. The molecule has 3 rings (SSSR count). The van der Waals surface area contributed by atoms with Crippen molar-refractivity contribution in [3.8, 4) is 0 Å². The molecule has 0 atom stereocenters. The first kappa shape index (κ1) is 23.3. The second kappa shape index (κ2) is 10.7. The number of nitrogens with zero attached hydrogens (tertiary/aromatic N) is 4. The van der Waals surface area contributed by atoms with Crippen LogP contribution in [0.4, 0.5) is 11.6 Å². The van der Waals surface area contributed by atoms with Crippen LogP contribution in [-0.4, -0.2) is 79.4 Å². The maximum absolute atomic E-state index is 13.1. The van der Waals surface area contributed by atoms with E-state index in [1.165, 1.54) is 11.3 Å². The highest BCUT2D eigenvalue weighted by Crippen LogP contribution is 2.26. The van der Waals surface area contributed by atoms with E-state index in [2.05, 4.69) is 49.7 Å². The summed E-state index contributed by atoms with van der Waals surface area (Å²) in [6.45, 7) is 3.45. The largest absolute Gasteiger partial charge is 0.368 e. The Balaban J connectivity index is 0.00000300. The molecule has 0 aromatic carbocycles. The van der Waals surface area contributed by atoms with Gasteiger partial charge in [0.05, 0.1) is 21.1 Å². The minimum absolute atomic E-state index is 0. The number of nitrogens with one attached hydrogen (secondary N) is 3. The summed E-state index contributed by atoms with van der Waals surface area (Å²) in [4.78, 5) is 20.8. The Labute approximate surface area is 181 Å². The predicted molar refractivity (Wildman–Crippen MR) is 126 cm³/mol. The Bertz CT molecular complexity index is 986. The lowest BCUT2D eigenvalue weighted by Gasteiger charge is -2.14. The fourth-order valence-electron chi connectivity index (χ4n) is 3.06. The molecule has 0 radical (unpaired) electrons. The summed E-state index contributed by atoms with van der Waals surface area (Å²) in [6, 6.07) is 1.93. The first-order valence-corrected chi connectivity index (χ1v) is 10.4. The number of fused-ring (bicyclic) bond motifs is 2. The molecular formula is C19H30ClN7OS. The van der Waals surface area contributed by atoms with Gasteiger partial charge in [-0.2, -0.15) is 0 Å². The normalized spacial score (nSPS) is 11.4. The number of H-pyrrole nitrogens is 1. The molecule has 3 N–H and O–H groups in total. The van der Waals surface area contributed by atoms with Gasteiger partial charge in [0.1, 0.15) is 0 Å². The zero-order chi connectivity index (χ0) is 20.1. The standard InChI is InChI=1S/C19H29N7OS.ClH/c1-25(2)10-5-8-20-18-14-15(22-13-7-12-28-17(13)16(14)27)19(24-23-18)21-9-6-11-26(3)4;/h7,12H,5-6,8-11H2,1-4H3,(H,20,23)(H,21,24)(H,22,27);1H. The van der Waals surface area contributed by atoms with Crippen molar-refractivity contribution in [3.63, 3.8) is 0 Å². The molecule has 3 aromatic heterocycles. The zero-order valence-electron chi connectivity index (χ0n) is 17.4. The fourth-order valence-corrected chi connectivity index (χ4v) is 3.86. The van der Waals surface area contributed by atoms with Gasteiger partial charge in [-0.15, -0.1) is 33.9 Å². The molecular weight excluding hydrogens is 410 g/mol. The van der Waals surface area contributed by atoms with E-state index in [0.717, 1.165) is 49.2 Å². The van der Waals surface area contributed by atoms with Gasteiger partial charge in [-0.05, 0) is 65.6 Å². The second-order valence-corrected chi connectivity index (χ2v) is 8.35. The Morgan fingerprint density at radius 3 is 2.21 bits per heavy atom. The highest BCUT2D eigenvalue weighted by molar-refractivity contribution is 7.17. The molecule has 0 amide bonds. The molecule has 3 aromatic rings. The summed E-state index contributed by atoms with van der Waals surface area (Å²) in [6.07, 6.45) is 1.94. The number of thiophene rings is 1. The maximum Gasteiger partial charge on any atom is 0.211 e. The number of rotatable bonds is 10. The first-order valence-electron chi connectivity index (χ1n) is 9.54. The Morgan fingerprint density at radius 1 is 1.00 bits per heavy atom. The van der Waals surface area contributed by atoms with Crippen molar-refractivity contribution in [2.45, 2.75) is 12.8 Å². The summed E-state index contributed by atoms with van der Waals surface area (Å²) < 4.78 is 0.718. The van der Waals surface area contributed by atoms with Crippen LogP contribution in [0.1, 0.15) is 12.8 Å². The third-order valence-electron chi connectivity index (χ3n) is 4.48. The molecule has 0 aliphatic heterocycles. The van der Waals surface area contributed by atoms with Gasteiger partial charge in [-0.25, -0.2) is 0 Å². The van der Waals surface area contributed by atoms with Crippen LogP contribution in [0.3, 0.4) is 0 Å². The third kappa shape index (κ3) is 5.79. The van der Waals surface area contributed by atoms with E-state index >= 15 is 0 Å². The number of anilines is 2. The van der Waals surface area contributed by atoms with Crippen molar-refractivity contribution >= 4 is 56.5 Å². The van der Waals surface area contributed by atoms with E-state index in [4.69, 9.17) is 0 Å². The molecule has 0 saturated carbocycles. The molecule has 10 heteroatoms. The summed E-state index contributed by atoms with van der Waals surface area (Å²) in [5, 5.41) is 17.8. The summed E-state index contributed by atoms with van der Waals surface area (Å²) >= 11 is 1.45. The van der Waals surface area contributed by atoms with Crippen molar-refractivity contribution in [2.75, 3.05) is 65.0 Å². The van der Waals surface area contributed by atoms with E-state index in [9.17, 15) is 4.79 Å². The van der Waals surface area contributed by atoms with Crippen molar-refractivity contribution < 1.29 is 0 Å². The van der Waals surface area contributed by atoms with Gasteiger partial charge < -0.3 is 25.4 Å². The minimum atomic E-state index is 0. The molecule has 0 spiro atoms. The summed E-state index contributed by atoms with van der Waals surface area (Å²) in [5.74, 6) is 1.17. The molecule has 0 aliphatic rings. The number of aromatic amines is 1. The first-order chi connectivity index (χ1) is 13.5. The van der Waals surface area contributed by atoms with Gasteiger partial charge in [-0.1, -0.05) is 0 Å². The van der Waals surface area contributed by atoms with Gasteiger partial charge >= 0.3 is 0 Å². The minimum Gasteiger partial charge on any atom is -0.368 e. The van der Waals surface area contributed by atoms with Crippen LogP contribution in [0.25, 0.3) is 21.1 Å². The molecule has 0 fully saturated rings. The Kier molecular flexibility index (Phi) is 8.63. The fraction of sp³-hybridized carbons (Fsp3) is 0.526. The van der Waals surface area contributed by atoms with Gasteiger partial charge in [0, 0.05) is 13.1 Å². The lowest BCUT2D eigenvalue weighted by atomic mass is 10.2. The van der Waals surface area contributed by atoms with Crippen LogP contribution in [0.5, 0.6) is 0 Å². The maximum atomic E-state index is 13.1. The predicted octanol–water partition coefficient (Wildman–Crippen LogP) is 2.68. The number of hydrogen-bond acceptors (Lipinski definition) is 8. The number of pyridine rings is 1. The van der Waals surface area contributed by atoms with Gasteiger partial charge in [0.2, 0.25) is 5.43 Å². The van der Waals surface area contributed by atoms with Crippen LogP contribution in [-0.2, 0) is 0 Å². The van der Waals surface area contributed by atoms with Crippen molar-refractivity contribution in [1.82, 2.24) is 25.0 Å². The molecule has 8 nitrogen and oxygen atoms in total. The number of aromatic nitrogens is 3. The Hall–Kier alpha value is -1.94. The number of halogens is 1. The molecule has 3 heterocycles. The van der Waals surface area contributed by atoms with Crippen LogP contribution in [0.15, 0.2) is 16.2 Å². The van der Waals surface area contributed by atoms with Gasteiger partial charge in [-0.3, -0.25) is 4.79 Å². The van der Waals surface area contributed by atoms with Crippen molar-refractivity contribution in [3.05, 3.63) is 21.7 Å². The molecule has 160 valence electrons. The highest BCUT2D eigenvalue weighted by Gasteiger charge is 2.16. The Morgan fingerprint density at radius 2 is 1.59 bits per heavy atom. The summed E-state index contributed by atoms with van der Waals surface area (Å²) in [5.41, 5.74) is 1.55. The van der Waals surface area contributed by atoms with E-state index < -0.39 is 0 Å². The molecule has 29 heavy (non-hydrogen) atoms. The van der Waals surface area contributed by atoms with Crippen LogP contribution in [0, 0.1) is 0 Å². The average Bonchev–Trinajstić information content (AvgIpc) is 3.12. The van der Waals surface area contributed by atoms with Crippen LogP contribution < -0.4 is 16.1 Å². The van der Waals surface area contributed by atoms with Crippen molar-refractivity contribution in [1.29, 1.82) is 0 Å². The lowest BCUT2D eigenvalue weighted by Crippen LogP contribution is -2.19.